The number of hydrogen-bond donors (Lipinski definition) is 2. The number of hydrogen-bond acceptors (Lipinski definition) is 4. The molecule has 0 bridgehead atoms. The Morgan fingerprint density at radius 2 is 2.00 bits per heavy atom. The maximum atomic E-state index is 12.5. The lowest BCUT2D eigenvalue weighted by atomic mass is 9.93. The molecule has 1 fully saturated rings. The minimum atomic E-state index is -0.0464. The van der Waals surface area contributed by atoms with Crippen molar-refractivity contribution >= 4 is 17.6 Å². The van der Waals surface area contributed by atoms with E-state index in [9.17, 15) is 9.59 Å². The average molecular weight is 406 g/mol. The van der Waals surface area contributed by atoms with Gasteiger partial charge in [0.15, 0.2) is 5.82 Å². The molecule has 8 nitrogen and oxygen atoms in total. The van der Waals surface area contributed by atoms with E-state index in [4.69, 9.17) is 0 Å². The lowest BCUT2D eigenvalue weighted by molar-refractivity contribution is -0.117. The summed E-state index contributed by atoms with van der Waals surface area (Å²) in [6, 6.07) is 9.89. The smallest absolute Gasteiger partial charge is 0.257 e. The highest BCUT2D eigenvalue weighted by Crippen LogP contribution is 2.25. The van der Waals surface area contributed by atoms with E-state index in [0.717, 1.165) is 29.7 Å². The molecule has 1 aliphatic heterocycles. The summed E-state index contributed by atoms with van der Waals surface area (Å²) >= 11 is 0. The maximum absolute atomic E-state index is 12.5. The van der Waals surface area contributed by atoms with Gasteiger partial charge in [0.25, 0.3) is 5.91 Å². The molecule has 1 aromatic carbocycles. The van der Waals surface area contributed by atoms with Gasteiger partial charge in [0.05, 0.1) is 17.5 Å². The summed E-state index contributed by atoms with van der Waals surface area (Å²) in [4.78, 5) is 26.8. The van der Waals surface area contributed by atoms with Crippen molar-refractivity contribution < 1.29 is 9.59 Å². The van der Waals surface area contributed by atoms with Crippen LogP contribution >= 0.6 is 0 Å². The van der Waals surface area contributed by atoms with Gasteiger partial charge >= 0.3 is 0 Å². The van der Waals surface area contributed by atoms with E-state index >= 15 is 0 Å². The van der Waals surface area contributed by atoms with Crippen LogP contribution in [0.2, 0.25) is 0 Å². The Bertz CT molecular complexity index is 1050. The number of aromatic amines is 1. The van der Waals surface area contributed by atoms with Crippen molar-refractivity contribution in [2.45, 2.75) is 26.2 Å². The first kappa shape index (κ1) is 19.9. The molecule has 3 heterocycles. The van der Waals surface area contributed by atoms with Crippen LogP contribution in [0.3, 0.4) is 0 Å². The molecule has 8 heteroatoms. The number of H-pyrrole nitrogens is 1. The number of nitrogens with one attached hydrogen (secondary N) is 2. The van der Waals surface area contributed by atoms with E-state index in [1.54, 1.807) is 24.1 Å². The minimum absolute atomic E-state index is 0.00580. The summed E-state index contributed by atoms with van der Waals surface area (Å²) in [6.45, 7) is 3.36. The van der Waals surface area contributed by atoms with Gasteiger partial charge < -0.3 is 10.2 Å². The van der Waals surface area contributed by atoms with Gasteiger partial charge in [-0.15, -0.1) is 0 Å². The fourth-order valence-electron chi connectivity index (χ4n) is 3.91. The molecule has 3 aromatic rings. The molecule has 30 heavy (non-hydrogen) atoms. The summed E-state index contributed by atoms with van der Waals surface area (Å²) in [7, 11) is 1.80. The molecule has 4 rings (SSSR count). The predicted octanol–water partition coefficient (Wildman–Crippen LogP) is 3.00. The molecule has 0 unspecified atom stereocenters. The number of piperidine rings is 1. The van der Waals surface area contributed by atoms with Gasteiger partial charge in [-0.2, -0.15) is 10.2 Å². The molecular formula is C22H26N6O2. The highest BCUT2D eigenvalue weighted by atomic mass is 16.2. The largest absolute Gasteiger partial charge is 0.339 e. The Labute approximate surface area is 175 Å². The number of benzene rings is 1. The normalized spacial score (nSPS) is 14.7. The van der Waals surface area contributed by atoms with Crippen LogP contribution in [0.25, 0.3) is 11.3 Å². The second-order valence-electron chi connectivity index (χ2n) is 7.87. The van der Waals surface area contributed by atoms with Crippen molar-refractivity contribution in [3.8, 4) is 11.3 Å². The Kier molecular flexibility index (Phi) is 5.65. The number of aryl methyl sites for hydroxylation is 2. The van der Waals surface area contributed by atoms with Gasteiger partial charge in [-0.1, -0.05) is 24.3 Å². The van der Waals surface area contributed by atoms with E-state index in [1.807, 2.05) is 42.2 Å². The Hall–Kier alpha value is -3.42. The van der Waals surface area contributed by atoms with Gasteiger partial charge in [0, 0.05) is 44.4 Å². The Morgan fingerprint density at radius 3 is 2.70 bits per heavy atom. The predicted molar refractivity (Wildman–Crippen MR) is 114 cm³/mol. The Balaban J connectivity index is 1.27. The fourth-order valence-corrected chi connectivity index (χ4v) is 3.91. The molecule has 0 radical (unpaired) electrons. The standard InChI is InChI=1S/C22H26N6O2/c1-15-5-3-4-6-18(15)19-12-20(26-25-19)24-21(29)11-16-7-9-28(10-8-16)22(30)17-13-23-27(2)14-17/h3-6,12-14,16H,7-11H2,1-2H3,(H2,24,25,26,29). The summed E-state index contributed by atoms with van der Waals surface area (Å²) in [5, 5.41) is 14.2. The first-order valence-electron chi connectivity index (χ1n) is 10.2. The van der Waals surface area contributed by atoms with Crippen molar-refractivity contribution in [2.75, 3.05) is 18.4 Å². The van der Waals surface area contributed by atoms with E-state index in [-0.39, 0.29) is 17.7 Å². The summed E-state index contributed by atoms with van der Waals surface area (Å²) in [5.74, 6) is 0.751. The van der Waals surface area contributed by atoms with E-state index in [1.165, 1.54) is 0 Å². The SMILES string of the molecule is Cc1ccccc1-c1cc(NC(=O)CC2CCN(C(=O)c3cnn(C)c3)CC2)n[nH]1. The van der Waals surface area contributed by atoms with Gasteiger partial charge in [-0.25, -0.2) is 0 Å². The number of likely N-dealkylation sites (tertiary alicyclic amines) is 1. The molecule has 2 aromatic heterocycles. The van der Waals surface area contributed by atoms with E-state index in [0.29, 0.717) is 30.9 Å². The van der Waals surface area contributed by atoms with Crippen LogP contribution < -0.4 is 5.32 Å². The van der Waals surface area contributed by atoms with Crippen molar-refractivity contribution in [1.82, 2.24) is 24.9 Å². The second-order valence-corrected chi connectivity index (χ2v) is 7.87. The molecule has 156 valence electrons. The van der Waals surface area contributed by atoms with E-state index in [2.05, 4.69) is 20.6 Å². The zero-order valence-corrected chi connectivity index (χ0v) is 17.3. The third-order valence-electron chi connectivity index (χ3n) is 5.61. The number of anilines is 1. The first-order chi connectivity index (χ1) is 14.5. The van der Waals surface area contributed by atoms with Crippen molar-refractivity contribution in [3.05, 3.63) is 53.9 Å². The zero-order chi connectivity index (χ0) is 21.1. The third kappa shape index (κ3) is 4.42. The van der Waals surface area contributed by atoms with Crippen LogP contribution in [0.5, 0.6) is 0 Å². The first-order valence-corrected chi connectivity index (χ1v) is 10.2. The van der Waals surface area contributed by atoms with Crippen molar-refractivity contribution in [3.63, 3.8) is 0 Å². The number of aromatic nitrogens is 4. The van der Waals surface area contributed by atoms with Crippen LogP contribution in [0.4, 0.5) is 5.82 Å². The van der Waals surface area contributed by atoms with Crippen LogP contribution in [0, 0.1) is 12.8 Å². The third-order valence-corrected chi connectivity index (χ3v) is 5.61. The highest BCUT2D eigenvalue weighted by molar-refractivity contribution is 5.94. The molecule has 2 N–H and O–H groups in total. The van der Waals surface area contributed by atoms with Gasteiger partial charge in [-0.3, -0.25) is 19.4 Å². The lowest BCUT2D eigenvalue weighted by Gasteiger charge is -2.31. The molecule has 0 saturated carbocycles. The van der Waals surface area contributed by atoms with Crippen molar-refractivity contribution in [2.24, 2.45) is 13.0 Å². The number of amides is 2. The van der Waals surface area contributed by atoms with Crippen molar-refractivity contribution in [1.29, 1.82) is 0 Å². The molecule has 0 aliphatic carbocycles. The second kappa shape index (κ2) is 8.52. The van der Waals surface area contributed by atoms with Gasteiger partial charge in [0.2, 0.25) is 5.91 Å². The number of carbonyl (C=O) groups excluding carboxylic acids is 2. The van der Waals surface area contributed by atoms with E-state index < -0.39 is 0 Å². The maximum Gasteiger partial charge on any atom is 0.257 e. The topological polar surface area (TPSA) is 95.9 Å². The monoisotopic (exact) mass is 406 g/mol. The number of rotatable bonds is 5. The van der Waals surface area contributed by atoms with Crippen LogP contribution in [0.15, 0.2) is 42.7 Å². The summed E-state index contributed by atoms with van der Waals surface area (Å²) < 4.78 is 1.63. The van der Waals surface area contributed by atoms with Gasteiger partial charge in [0.1, 0.15) is 0 Å². The number of nitrogens with zero attached hydrogens (tertiary/aromatic N) is 4. The fraction of sp³-hybridized carbons (Fsp3) is 0.364. The van der Waals surface area contributed by atoms with Crippen LogP contribution in [-0.4, -0.2) is 49.8 Å². The van der Waals surface area contributed by atoms with Crippen LogP contribution in [0.1, 0.15) is 35.2 Å². The Morgan fingerprint density at radius 1 is 1.23 bits per heavy atom. The zero-order valence-electron chi connectivity index (χ0n) is 17.3. The summed E-state index contributed by atoms with van der Waals surface area (Å²) in [6.07, 6.45) is 5.39. The quantitative estimate of drug-likeness (QED) is 0.681. The highest BCUT2D eigenvalue weighted by Gasteiger charge is 2.26. The molecular weight excluding hydrogens is 380 g/mol. The molecule has 0 atom stereocenters. The minimum Gasteiger partial charge on any atom is -0.339 e. The number of carbonyl (C=O) groups is 2. The molecule has 2 amide bonds. The molecule has 1 aliphatic rings. The summed E-state index contributed by atoms with van der Waals surface area (Å²) in [5.41, 5.74) is 3.70. The average Bonchev–Trinajstić information content (AvgIpc) is 3.37. The van der Waals surface area contributed by atoms with Gasteiger partial charge in [-0.05, 0) is 31.2 Å². The lowest BCUT2D eigenvalue weighted by Crippen LogP contribution is -2.39. The molecule has 0 spiro atoms. The van der Waals surface area contributed by atoms with Crippen LogP contribution in [-0.2, 0) is 11.8 Å². The molecule has 1 saturated heterocycles.